The fourth-order valence-corrected chi connectivity index (χ4v) is 1.18. The van der Waals surface area contributed by atoms with Crippen LogP contribution >= 0.6 is 0 Å². The molecule has 0 heterocycles. The van der Waals surface area contributed by atoms with Crippen molar-refractivity contribution in [3.8, 4) is 0 Å². The first kappa shape index (κ1) is 14.9. The normalized spacial score (nSPS) is 12.3. The van der Waals surface area contributed by atoms with Crippen molar-refractivity contribution in [1.29, 1.82) is 0 Å². The van der Waals surface area contributed by atoms with Crippen LogP contribution in [0.4, 0.5) is 0 Å². The number of hydrogen-bond donors (Lipinski definition) is 2. The summed E-state index contributed by atoms with van der Waals surface area (Å²) in [5.74, 6) is -0.0727. The second kappa shape index (κ2) is 8.05. The third-order valence-corrected chi connectivity index (χ3v) is 1.60. The molecule has 0 radical (unpaired) electrons. The van der Waals surface area contributed by atoms with Crippen LogP contribution in [0.5, 0.6) is 0 Å². The number of aliphatic carboxylic acids is 1. The maximum Gasteiger partial charge on any atom is 1.00 e. The van der Waals surface area contributed by atoms with Crippen molar-refractivity contribution in [1.82, 2.24) is 0 Å². The van der Waals surface area contributed by atoms with Gasteiger partial charge in [0.2, 0.25) is 0 Å². The number of carboxylic acid groups (broad SMARTS) is 1. The Morgan fingerprint density at radius 2 is 2.08 bits per heavy atom. The zero-order valence-electron chi connectivity index (χ0n) is 9.21. The molecule has 0 aromatic rings. The third-order valence-electron chi connectivity index (χ3n) is 1.60. The Balaban J connectivity index is -0.000000500. The molecule has 1 atom stereocenters. The summed E-state index contributed by atoms with van der Waals surface area (Å²) >= 11 is 0. The van der Waals surface area contributed by atoms with E-state index < -0.39 is 5.97 Å². The van der Waals surface area contributed by atoms with E-state index in [0.717, 1.165) is 6.42 Å². The average Bonchev–Trinajstić information content (AvgIpc) is 1.84. The molecule has 0 aromatic carbocycles. The van der Waals surface area contributed by atoms with Crippen LogP contribution in [0.15, 0.2) is 0 Å². The second-order valence-corrected chi connectivity index (χ2v) is 3.33. The molecule has 68 valence electrons. The standard InChI is InChI=1S/C8H17NO2.Na.H/c1-6(2)3-7(5-9)4-8(10)11;;/h6-7H,3-5,9H2,1-2H3,(H,10,11);;/q;+1;-1. The van der Waals surface area contributed by atoms with Gasteiger partial charge in [-0.1, -0.05) is 13.8 Å². The van der Waals surface area contributed by atoms with Crippen molar-refractivity contribution in [2.75, 3.05) is 6.54 Å². The van der Waals surface area contributed by atoms with Gasteiger partial charge < -0.3 is 12.3 Å². The Kier molecular flexibility index (Phi) is 10.0. The smallest absolute Gasteiger partial charge is 1.00 e. The van der Waals surface area contributed by atoms with Crippen molar-refractivity contribution in [3.05, 3.63) is 0 Å². The fraction of sp³-hybridized carbons (Fsp3) is 0.875. The van der Waals surface area contributed by atoms with Gasteiger partial charge in [-0.25, -0.2) is 0 Å². The predicted molar refractivity (Wildman–Crippen MR) is 45.4 cm³/mol. The Labute approximate surface area is 97.5 Å². The van der Waals surface area contributed by atoms with Crippen molar-refractivity contribution in [3.63, 3.8) is 0 Å². The molecular formula is C8H18NNaO2. The van der Waals surface area contributed by atoms with E-state index >= 15 is 0 Å². The van der Waals surface area contributed by atoms with Crippen LogP contribution in [0.25, 0.3) is 0 Å². The van der Waals surface area contributed by atoms with Crippen LogP contribution in [0.1, 0.15) is 28.1 Å². The third kappa shape index (κ3) is 8.53. The van der Waals surface area contributed by atoms with E-state index in [2.05, 4.69) is 13.8 Å². The maximum atomic E-state index is 10.3. The molecule has 0 saturated heterocycles. The van der Waals surface area contributed by atoms with Gasteiger partial charge in [0.05, 0.1) is 0 Å². The Bertz CT molecular complexity index is 133. The first-order chi connectivity index (χ1) is 5.06. The number of rotatable bonds is 5. The van der Waals surface area contributed by atoms with Crippen LogP contribution in [-0.2, 0) is 4.79 Å². The van der Waals surface area contributed by atoms with Gasteiger partial charge in [-0.3, -0.25) is 4.79 Å². The summed E-state index contributed by atoms with van der Waals surface area (Å²) in [6.07, 6.45) is 1.11. The number of nitrogens with two attached hydrogens (primary N) is 1. The molecule has 0 spiro atoms. The average molecular weight is 183 g/mol. The zero-order chi connectivity index (χ0) is 8.85. The zero-order valence-corrected chi connectivity index (χ0v) is 10.2. The summed E-state index contributed by atoms with van der Waals surface area (Å²) in [5, 5.41) is 8.47. The summed E-state index contributed by atoms with van der Waals surface area (Å²) in [5.41, 5.74) is 5.41. The molecule has 3 N–H and O–H groups in total. The van der Waals surface area contributed by atoms with E-state index in [1.54, 1.807) is 0 Å². The van der Waals surface area contributed by atoms with Gasteiger partial charge in [-0.15, -0.1) is 0 Å². The molecule has 0 aliphatic rings. The van der Waals surface area contributed by atoms with Crippen LogP contribution in [0, 0.1) is 11.8 Å². The van der Waals surface area contributed by atoms with E-state index in [9.17, 15) is 4.79 Å². The SMILES string of the molecule is CC(C)CC(CN)CC(=O)O.[H-].[Na+]. The molecule has 1 unspecified atom stereocenters. The summed E-state index contributed by atoms with van der Waals surface area (Å²) in [6.45, 7) is 4.62. The number of carboxylic acids is 1. The van der Waals surface area contributed by atoms with Gasteiger partial charge in [0.25, 0.3) is 0 Å². The topological polar surface area (TPSA) is 63.3 Å². The summed E-state index contributed by atoms with van der Waals surface area (Å²) < 4.78 is 0. The Morgan fingerprint density at radius 3 is 2.33 bits per heavy atom. The molecule has 0 bridgehead atoms. The van der Waals surface area contributed by atoms with Crippen molar-refractivity contribution >= 4 is 5.97 Å². The monoisotopic (exact) mass is 183 g/mol. The quantitative estimate of drug-likeness (QED) is 0.494. The minimum Gasteiger partial charge on any atom is -1.00 e. The largest absolute Gasteiger partial charge is 1.00 e. The van der Waals surface area contributed by atoms with E-state index in [1.807, 2.05) is 0 Å². The number of hydrogen-bond acceptors (Lipinski definition) is 2. The summed E-state index contributed by atoms with van der Waals surface area (Å²) in [7, 11) is 0. The first-order valence-corrected chi connectivity index (χ1v) is 3.98. The van der Waals surface area contributed by atoms with Crippen LogP contribution < -0.4 is 35.3 Å². The Morgan fingerprint density at radius 1 is 1.58 bits per heavy atom. The van der Waals surface area contributed by atoms with Gasteiger partial charge in [-0.2, -0.15) is 0 Å². The molecule has 4 heteroatoms. The molecule has 0 aromatic heterocycles. The minimum absolute atomic E-state index is 0. The summed E-state index contributed by atoms with van der Waals surface area (Å²) in [6, 6.07) is 0. The van der Waals surface area contributed by atoms with Crippen LogP contribution in [-0.4, -0.2) is 17.6 Å². The molecule has 3 nitrogen and oxygen atoms in total. The fourth-order valence-electron chi connectivity index (χ4n) is 1.18. The molecule has 0 fully saturated rings. The summed E-state index contributed by atoms with van der Waals surface area (Å²) in [4.78, 5) is 10.3. The Hall–Kier alpha value is 0.430. The molecule has 0 amide bonds. The van der Waals surface area contributed by atoms with Crippen LogP contribution in [0.3, 0.4) is 0 Å². The molecular weight excluding hydrogens is 165 g/mol. The van der Waals surface area contributed by atoms with Crippen molar-refractivity contribution in [2.24, 2.45) is 17.6 Å². The minimum atomic E-state index is -0.749. The molecule has 0 aliphatic carbocycles. The van der Waals surface area contributed by atoms with E-state index in [4.69, 9.17) is 10.8 Å². The number of carbonyl (C=O) groups is 1. The van der Waals surface area contributed by atoms with E-state index in [-0.39, 0.29) is 43.3 Å². The van der Waals surface area contributed by atoms with Gasteiger partial charge in [-0.05, 0) is 24.8 Å². The first-order valence-electron chi connectivity index (χ1n) is 3.98. The second-order valence-electron chi connectivity index (χ2n) is 3.33. The molecule has 12 heavy (non-hydrogen) atoms. The molecule has 0 rings (SSSR count). The van der Waals surface area contributed by atoms with Gasteiger partial charge >= 0.3 is 35.5 Å². The van der Waals surface area contributed by atoms with E-state index in [0.29, 0.717) is 12.5 Å². The van der Waals surface area contributed by atoms with Gasteiger partial charge in [0.1, 0.15) is 0 Å². The predicted octanol–water partition coefficient (Wildman–Crippen LogP) is -1.80. The van der Waals surface area contributed by atoms with Crippen LogP contribution in [0.2, 0.25) is 0 Å². The molecule has 0 aliphatic heterocycles. The van der Waals surface area contributed by atoms with Crippen molar-refractivity contribution in [2.45, 2.75) is 26.7 Å². The maximum absolute atomic E-state index is 10.3. The van der Waals surface area contributed by atoms with Gasteiger partial charge in [0, 0.05) is 6.42 Å². The molecule has 0 saturated carbocycles. The van der Waals surface area contributed by atoms with Gasteiger partial charge in [0.15, 0.2) is 0 Å². The van der Waals surface area contributed by atoms with E-state index in [1.165, 1.54) is 0 Å². The van der Waals surface area contributed by atoms with Crippen molar-refractivity contribution < 1.29 is 40.9 Å².